The van der Waals surface area contributed by atoms with E-state index in [1.54, 1.807) is 11.1 Å². The number of fused-ring (bicyclic) bond motifs is 1. The first-order valence-corrected chi connectivity index (χ1v) is 10.9. The molecule has 1 aliphatic heterocycles. The highest BCUT2D eigenvalue weighted by Crippen LogP contribution is 2.25. The third-order valence-corrected chi connectivity index (χ3v) is 6.55. The van der Waals surface area contributed by atoms with Gasteiger partial charge in [0.15, 0.2) is 0 Å². The van der Waals surface area contributed by atoms with Crippen LogP contribution < -0.4 is 0 Å². The second-order valence-corrected chi connectivity index (χ2v) is 8.50. The molecule has 1 aliphatic carbocycles. The lowest BCUT2D eigenvalue weighted by Crippen LogP contribution is -2.51. The summed E-state index contributed by atoms with van der Waals surface area (Å²) in [5.74, 6) is 0. The molecule has 29 heavy (non-hydrogen) atoms. The summed E-state index contributed by atoms with van der Waals surface area (Å²) >= 11 is 0. The maximum absolute atomic E-state index is 4.32. The Balaban J connectivity index is 1.15. The van der Waals surface area contributed by atoms with Crippen molar-refractivity contribution < 1.29 is 0 Å². The van der Waals surface area contributed by atoms with E-state index in [0.717, 1.165) is 19.1 Å². The number of hydrogen-bond donors (Lipinski definition) is 0. The zero-order valence-corrected chi connectivity index (χ0v) is 17.1. The minimum Gasteiger partial charge on any atom is -0.298 e. The van der Waals surface area contributed by atoms with Gasteiger partial charge in [-0.25, -0.2) is 0 Å². The van der Waals surface area contributed by atoms with Gasteiger partial charge < -0.3 is 0 Å². The molecule has 1 saturated heterocycles. The lowest BCUT2D eigenvalue weighted by molar-refractivity contribution is 0.0856. The van der Waals surface area contributed by atoms with Crippen molar-refractivity contribution in [3.05, 3.63) is 89.2 Å². The van der Waals surface area contributed by atoms with E-state index >= 15 is 0 Å². The number of rotatable bonds is 5. The number of aromatic nitrogens is 2. The molecule has 2 heterocycles. The second kappa shape index (κ2) is 8.52. The predicted molar refractivity (Wildman–Crippen MR) is 117 cm³/mol. The van der Waals surface area contributed by atoms with Crippen molar-refractivity contribution in [3.8, 4) is 0 Å². The Labute approximate surface area is 173 Å². The van der Waals surface area contributed by atoms with Gasteiger partial charge in [-0.1, -0.05) is 48.5 Å². The van der Waals surface area contributed by atoms with Crippen molar-refractivity contribution in [2.45, 2.75) is 38.4 Å². The fourth-order valence-electron chi connectivity index (χ4n) is 4.94. The number of piperazine rings is 1. The molecule has 1 fully saturated rings. The van der Waals surface area contributed by atoms with Gasteiger partial charge in [0.25, 0.3) is 0 Å². The average molecular weight is 387 g/mol. The van der Waals surface area contributed by atoms with Crippen LogP contribution in [0.4, 0.5) is 0 Å². The van der Waals surface area contributed by atoms with Gasteiger partial charge in [-0.2, -0.15) is 5.10 Å². The molecule has 3 aromatic rings. The van der Waals surface area contributed by atoms with Gasteiger partial charge in [-0.3, -0.25) is 14.5 Å². The Morgan fingerprint density at radius 1 is 0.828 bits per heavy atom. The summed E-state index contributed by atoms with van der Waals surface area (Å²) in [6.07, 6.45) is 7.64. The summed E-state index contributed by atoms with van der Waals surface area (Å²) in [7, 11) is 0. The summed E-state index contributed by atoms with van der Waals surface area (Å²) in [5, 5.41) is 4.32. The summed E-state index contributed by atoms with van der Waals surface area (Å²) in [6, 6.07) is 20.7. The van der Waals surface area contributed by atoms with Crippen molar-refractivity contribution in [3.63, 3.8) is 0 Å². The molecule has 0 amide bonds. The standard InChI is InChI=1S/C25H30N4/c1-2-8-24-18-25(10-9-23(24)7-1)28-15-13-27(14-16-28)19-21-5-3-6-22(17-21)20-29-12-4-11-26-29/h1-8,11-12,17,25H,9-10,13-16,18-20H2/t25-/m1/s1. The van der Waals surface area contributed by atoms with Crippen molar-refractivity contribution in [1.82, 2.24) is 19.6 Å². The van der Waals surface area contributed by atoms with Crippen LogP contribution in [0.25, 0.3) is 0 Å². The highest BCUT2D eigenvalue weighted by molar-refractivity contribution is 5.30. The maximum atomic E-state index is 4.32. The van der Waals surface area contributed by atoms with E-state index in [1.807, 2.05) is 23.1 Å². The van der Waals surface area contributed by atoms with Crippen molar-refractivity contribution in [1.29, 1.82) is 0 Å². The van der Waals surface area contributed by atoms with Crippen LogP contribution in [0, 0.1) is 0 Å². The molecule has 5 rings (SSSR count). The zero-order chi connectivity index (χ0) is 19.5. The largest absolute Gasteiger partial charge is 0.298 e. The van der Waals surface area contributed by atoms with Crippen LogP contribution >= 0.6 is 0 Å². The van der Waals surface area contributed by atoms with Crippen LogP contribution in [0.5, 0.6) is 0 Å². The van der Waals surface area contributed by atoms with Crippen LogP contribution in [0.15, 0.2) is 67.0 Å². The molecule has 0 saturated carbocycles. The number of nitrogens with zero attached hydrogens (tertiary/aromatic N) is 4. The van der Waals surface area contributed by atoms with Crippen LogP contribution in [0.1, 0.15) is 28.7 Å². The summed E-state index contributed by atoms with van der Waals surface area (Å²) < 4.78 is 1.99. The monoisotopic (exact) mass is 386 g/mol. The molecule has 2 aromatic carbocycles. The highest BCUT2D eigenvalue weighted by atomic mass is 15.3. The fraction of sp³-hybridized carbons (Fsp3) is 0.400. The van der Waals surface area contributed by atoms with Crippen molar-refractivity contribution >= 4 is 0 Å². The van der Waals surface area contributed by atoms with Gasteiger partial charge in [-0.05, 0) is 47.6 Å². The first kappa shape index (κ1) is 18.6. The van der Waals surface area contributed by atoms with Gasteiger partial charge in [0.05, 0.1) is 6.54 Å². The molecule has 4 heteroatoms. The Morgan fingerprint density at radius 2 is 1.62 bits per heavy atom. The zero-order valence-electron chi connectivity index (χ0n) is 17.1. The number of hydrogen-bond acceptors (Lipinski definition) is 3. The summed E-state index contributed by atoms with van der Waals surface area (Å²) in [6.45, 7) is 6.62. The fourth-order valence-corrected chi connectivity index (χ4v) is 4.94. The van der Waals surface area contributed by atoms with E-state index in [9.17, 15) is 0 Å². The third-order valence-electron chi connectivity index (χ3n) is 6.55. The molecule has 2 aliphatic rings. The molecule has 4 nitrogen and oxygen atoms in total. The SMILES string of the molecule is c1cc(CN2CCN([C@@H]3CCc4ccccc4C3)CC2)cc(Cn2cccn2)c1. The van der Waals surface area contributed by atoms with Crippen molar-refractivity contribution in [2.75, 3.05) is 26.2 Å². The van der Waals surface area contributed by atoms with Gasteiger partial charge in [-0.15, -0.1) is 0 Å². The van der Waals surface area contributed by atoms with E-state index in [2.05, 4.69) is 63.4 Å². The van der Waals surface area contributed by atoms with Crippen LogP contribution in [-0.4, -0.2) is 51.8 Å². The Bertz CT molecular complexity index is 926. The number of aryl methyl sites for hydroxylation is 1. The van der Waals surface area contributed by atoms with Gasteiger partial charge in [0.1, 0.15) is 0 Å². The minimum atomic E-state index is 0.726. The maximum Gasteiger partial charge on any atom is 0.0659 e. The highest BCUT2D eigenvalue weighted by Gasteiger charge is 2.27. The molecule has 0 radical (unpaired) electrons. The molecular formula is C25H30N4. The molecular weight excluding hydrogens is 356 g/mol. The smallest absolute Gasteiger partial charge is 0.0659 e. The molecule has 1 aromatic heterocycles. The topological polar surface area (TPSA) is 24.3 Å². The van der Waals surface area contributed by atoms with Gasteiger partial charge >= 0.3 is 0 Å². The molecule has 1 atom stereocenters. The van der Waals surface area contributed by atoms with E-state index in [-0.39, 0.29) is 0 Å². The summed E-state index contributed by atoms with van der Waals surface area (Å²) in [5.41, 5.74) is 5.87. The lowest BCUT2D eigenvalue weighted by Gasteiger charge is -2.41. The van der Waals surface area contributed by atoms with E-state index < -0.39 is 0 Å². The summed E-state index contributed by atoms with van der Waals surface area (Å²) in [4.78, 5) is 5.35. The minimum absolute atomic E-state index is 0.726. The van der Waals surface area contributed by atoms with E-state index in [0.29, 0.717) is 0 Å². The Morgan fingerprint density at radius 3 is 2.41 bits per heavy atom. The molecule has 0 spiro atoms. The normalized spacial score (nSPS) is 20.5. The van der Waals surface area contributed by atoms with Crippen LogP contribution in [0.2, 0.25) is 0 Å². The predicted octanol–water partition coefficient (Wildman–Crippen LogP) is 3.61. The first-order valence-electron chi connectivity index (χ1n) is 10.9. The average Bonchev–Trinajstić information content (AvgIpc) is 3.27. The Hall–Kier alpha value is -2.43. The molecule has 150 valence electrons. The van der Waals surface area contributed by atoms with Gasteiger partial charge in [0, 0.05) is 51.2 Å². The van der Waals surface area contributed by atoms with Crippen molar-refractivity contribution in [2.24, 2.45) is 0 Å². The first-order chi connectivity index (χ1) is 14.3. The molecule has 0 N–H and O–H groups in total. The third kappa shape index (κ3) is 4.44. The Kier molecular flexibility index (Phi) is 5.46. The van der Waals surface area contributed by atoms with Gasteiger partial charge in [0.2, 0.25) is 0 Å². The lowest BCUT2D eigenvalue weighted by atomic mass is 9.87. The van der Waals surface area contributed by atoms with E-state index in [4.69, 9.17) is 0 Å². The quantitative estimate of drug-likeness (QED) is 0.670. The molecule has 0 unspecified atom stereocenters. The number of benzene rings is 2. The van der Waals surface area contributed by atoms with Crippen LogP contribution in [0.3, 0.4) is 0 Å². The van der Waals surface area contributed by atoms with E-state index in [1.165, 1.54) is 56.6 Å². The van der Waals surface area contributed by atoms with Crippen LogP contribution in [-0.2, 0) is 25.9 Å². The molecule has 0 bridgehead atoms. The second-order valence-electron chi connectivity index (χ2n) is 8.50.